The first-order valence-corrected chi connectivity index (χ1v) is 11.8. The minimum atomic E-state index is 0.130. The molecule has 0 saturated carbocycles. The van der Waals surface area contributed by atoms with E-state index in [-0.39, 0.29) is 11.7 Å². The van der Waals surface area contributed by atoms with Gasteiger partial charge in [-0.25, -0.2) is 4.98 Å². The smallest absolute Gasteiger partial charge is 0.136 e. The maximum absolute atomic E-state index is 12.6. The molecule has 0 radical (unpaired) electrons. The average Bonchev–Trinajstić information content (AvgIpc) is 2.86. The molecule has 178 valence electrons. The zero-order valence-electron chi connectivity index (χ0n) is 20.3. The normalized spacial score (nSPS) is 13.3. The van der Waals surface area contributed by atoms with Crippen LogP contribution < -0.4 is 9.64 Å². The van der Waals surface area contributed by atoms with Gasteiger partial charge < -0.3 is 19.5 Å². The van der Waals surface area contributed by atoms with E-state index in [0.717, 1.165) is 49.5 Å². The molecule has 2 aromatic rings. The molecule has 0 amide bonds. The number of carbonyl (C=O) groups is 1. The average molecular weight is 445 g/mol. The van der Waals surface area contributed by atoms with Gasteiger partial charge >= 0.3 is 0 Å². The van der Waals surface area contributed by atoms with Gasteiger partial charge in [0.1, 0.15) is 29.7 Å². The molecule has 1 aliphatic heterocycles. The Labute approximate surface area is 193 Å². The Morgan fingerprint density at radius 2 is 1.69 bits per heavy atom. The third-order valence-electron chi connectivity index (χ3n) is 5.15. The van der Waals surface area contributed by atoms with Crippen LogP contribution in [0.5, 0.6) is 11.5 Å². The molecule has 2 heterocycles. The minimum absolute atomic E-state index is 0.130. The van der Waals surface area contributed by atoms with E-state index in [2.05, 4.69) is 9.88 Å². The quantitative estimate of drug-likeness (QED) is 0.530. The van der Waals surface area contributed by atoms with Crippen molar-refractivity contribution in [3.05, 3.63) is 48.2 Å². The number of piperidine rings is 1. The van der Waals surface area contributed by atoms with Crippen LogP contribution in [0.3, 0.4) is 0 Å². The van der Waals surface area contributed by atoms with Crippen LogP contribution in [0.1, 0.15) is 52.5 Å². The number of rotatable bonds is 9. The summed E-state index contributed by atoms with van der Waals surface area (Å²) in [5.41, 5.74) is 1.15. The molecule has 0 aliphatic carbocycles. The van der Waals surface area contributed by atoms with Gasteiger partial charge in [0, 0.05) is 32.5 Å². The first-order chi connectivity index (χ1) is 15.7. The number of aromatic nitrogens is 1. The second-order valence-corrected chi connectivity index (χ2v) is 7.09. The second-order valence-electron chi connectivity index (χ2n) is 7.09. The predicted octanol–water partition coefficient (Wildman–Crippen LogP) is 5.28. The van der Waals surface area contributed by atoms with Gasteiger partial charge in [-0.05, 0) is 49.1 Å². The molecular formula is C26H40N2O4. The Morgan fingerprint density at radius 3 is 2.25 bits per heavy atom. The van der Waals surface area contributed by atoms with E-state index in [4.69, 9.17) is 9.47 Å². The van der Waals surface area contributed by atoms with Crippen LogP contribution in [0, 0.1) is 5.92 Å². The SMILES string of the molecule is CC.CC.COCCOc1ccc(CCC(=O)C2CCN(c3ccc(O)cn3)CC2)cc1. The standard InChI is InChI=1S/C22H28N2O4.2C2H6/c1-27-14-15-28-20-6-2-17(3-7-20)4-8-21(26)18-10-12-24(13-11-18)22-9-5-19(25)16-23-22;2*1-2/h2-3,5-7,9,16,18,25H,4,8,10-15H2,1H3;2*1-2H3. The van der Waals surface area contributed by atoms with Crippen LogP contribution in [0.25, 0.3) is 0 Å². The molecule has 1 saturated heterocycles. The number of aromatic hydroxyl groups is 1. The summed E-state index contributed by atoms with van der Waals surface area (Å²) in [6, 6.07) is 11.4. The number of Topliss-reactive ketones (excluding diaryl/α,β-unsaturated/α-hetero) is 1. The van der Waals surface area contributed by atoms with Gasteiger partial charge in [0.25, 0.3) is 0 Å². The largest absolute Gasteiger partial charge is 0.506 e. The van der Waals surface area contributed by atoms with Crippen molar-refractivity contribution >= 4 is 11.6 Å². The van der Waals surface area contributed by atoms with E-state index >= 15 is 0 Å². The zero-order valence-corrected chi connectivity index (χ0v) is 20.3. The number of hydrogen-bond acceptors (Lipinski definition) is 6. The molecule has 6 nitrogen and oxygen atoms in total. The molecule has 1 aromatic carbocycles. The Balaban J connectivity index is 0.00000121. The Morgan fingerprint density at radius 1 is 1.03 bits per heavy atom. The summed E-state index contributed by atoms with van der Waals surface area (Å²) >= 11 is 0. The Kier molecular flexibility index (Phi) is 13.8. The molecule has 6 heteroatoms. The number of anilines is 1. The number of ether oxygens (including phenoxy) is 2. The molecular weight excluding hydrogens is 404 g/mol. The molecule has 0 spiro atoms. The lowest BCUT2D eigenvalue weighted by Gasteiger charge is -2.32. The van der Waals surface area contributed by atoms with Crippen LogP contribution in [-0.2, 0) is 16.0 Å². The number of methoxy groups -OCH3 is 1. The number of carbonyl (C=O) groups excluding carboxylic acids is 1. The lowest BCUT2D eigenvalue weighted by Crippen LogP contribution is -2.36. The van der Waals surface area contributed by atoms with E-state index in [0.29, 0.717) is 25.4 Å². The molecule has 0 atom stereocenters. The minimum Gasteiger partial charge on any atom is -0.506 e. The summed E-state index contributed by atoms with van der Waals surface area (Å²) in [6.07, 6.45) is 4.50. The van der Waals surface area contributed by atoms with Crippen molar-refractivity contribution in [1.82, 2.24) is 4.98 Å². The van der Waals surface area contributed by atoms with Crippen LogP contribution in [0.2, 0.25) is 0 Å². The van der Waals surface area contributed by atoms with E-state index in [9.17, 15) is 9.90 Å². The fourth-order valence-corrected chi connectivity index (χ4v) is 3.46. The summed E-state index contributed by atoms with van der Waals surface area (Å²) in [5.74, 6) is 2.32. The van der Waals surface area contributed by atoms with Gasteiger partial charge in [0.15, 0.2) is 0 Å². The number of pyridine rings is 1. The fraction of sp³-hybridized carbons (Fsp3) is 0.538. The molecule has 1 fully saturated rings. The maximum atomic E-state index is 12.6. The maximum Gasteiger partial charge on any atom is 0.136 e. The van der Waals surface area contributed by atoms with E-state index in [1.54, 1.807) is 13.2 Å². The molecule has 1 aliphatic rings. The van der Waals surface area contributed by atoms with Crippen LogP contribution >= 0.6 is 0 Å². The van der Waals surface area contributed by atoms with Crippen molar-refractivity contribution in [2.45, 2.75) is 53.4 Å². The Bertz CT molecular complexity index is 739. The highest BCUT2D eigenvalue weighted by molar-refractivity contribution is 5.81. The van der Waals surface area contributed by atoms with Gasteiger partial charge in [-0.15, -0.1) is 0 Å². The van der Waals surface area contributed by atoms with E-state index < -0.39 is 0 Å². The van der Waals surface area contributed by atoms with Crippen LogP contribution in [-0.4, -0.2) is 49.3 Å². The van der Waals surface area contributed by atoms with Gasteiger partial charge in [0.2, 0.25) is 0 Å². The summed E-state index contributed by atoms with van der Waals surface area (Å²) in [6.45, 7) is 10.7. The van der Waals surface area contributed by atoms with Crippen molar-refractivity contribution in [3.63, 3.8) is 0 Å². The van der Waals surface area contributed by atoms with Crippen molar-refractivity contribution in [2.24, 2.45) is 5.92 Å². The highest BCUT2D eigenvalue weighted by atomic mass is 16.5. The number of nitrogens with zero attached hydrogens (tertiary/aromatic N) is 2. The topological polar surface area (TPSA) is 71.9 Å². The van der Waals surface area contributed by atoms with Crippen molar-refractivity contribution in [2.75, 3.05) is 38.3 Å². The lowest BCUT2D eigenvalue weighted by atomic mass is 9.89. The summed E-state index contributed by atoms with van der Waals surface area (Å²) in [4.78, 5) is 19.0. The highest BCUT2D eigenvalue weighted by Gasteiger charge is 2.25. The van der Waals surface area contributed by atoms with Crippen molar-refractivity contribution in [3.8, 4) is 11.5 Å². The summed E-state index contributed by atoms with van der Waals surface area (Å²) < 4.78 is 10.5. The summed E-state index contributed by atoms with van der Waals surface area (Å²) in [7, 11) is 1.65. The second kappa shape index (κ2) is 16.1. The number of benzene rings is 1. The highest BCUT2D eigenvalue weighted by Crippen LogP contribution is 2.25. The van der Waals surface area contributed by atoms with Crippen LogP contribution in [0.4, 0.5) is 5.82 Å². The number of ketones is 1. The molecule has 3 rings (SSSR count). The first-order valence-electron chi connectivity index (χ1n) is 11.8. The third-order valence-corrected chi connectivity index (χ3v) is 5.15. The van der Waals surface area contributed by atoms with E-state index in [1.807, 2.05) is 58.0 Å². The van der Waals surface area contributed by atoms with Gasteiger partial charge in [-0.1, -0.05) is 39.8 Å². The predicted molar refractivity (Wildman–Crippen MR) is 131 cm³/mol. The van der Waals surface area contributed by atoms with Crippen molar-refractivity contribution < 1.29 is 19.4 Å². The number of hydrogen-bond donors (Lipinski definition) is 1. The molecule has 32 heavy (non-hydrogen) atoms. The lowest BCUT2D eigenvalue weighted by molar-refractivity contribution is -0.123. The molecule has 0 bridgehead atoms. The fourth-order valence-electron chi connectivity index (χ4n) is 3.46. The molecule has 0 unspecified atom stereocenters. The zero-order chi connectivity index (χ0) is 23.8. The summed E-state index contributed by atoms with van der Waals surface area (Å²) in [5, 5.41) is 9.35. The van der Waals surface area contributed by atoms with Gasteiger partial charge in [-0.3, -0.25) is 4.79 Å². The first kappa shape index (κ1) is 27.4. The van der Waals surface area contributed by atoms with E-state index in [1.165, 1.54) is 6.20 Å². The Hall–Kier alpha value is -2.60. The molecule has 1 aromatic heterocycles. The molecule has 1 N–H and O–H groups in total. The van der Waals surface area contributed by atoms with Gasteiger partial charge in [0.05, 0.1) is 12.8 Å². The van der Waals surface area contributed by atoms with Gasteiger partial charge in [-0.2, -0.15) is 0 Å². The third kappa shape index (κ3) is 9.27. The van der Waals surface area contributed by atoms with Crippen molar-refractivity contribution in [1.29, 1.82) is 0 Å². The van der Waals surface area contributed by atoms with Crippen LogP contribution in [0.15, 0.2) is 42.6 Å². The monoisotopic (exact) mass is 444 g/mol. The number of aryl methyl sites for hydroxylation is 1.